The third-order valence-electron chi connectivity index (χ3n) is 2.94. The van der Waals surface area contributed by atoms with E-state index in [2.05, 4.69) is 0 Å². The molecule has 0 spiro atoms. The van der Waals surface area contributed by atoms with Crippen molar-refractivity contribution in [3.63, 3.8) is 0 Å². The summed E-state index contributed by atoms with van der Waals surface area (Å²) in [5.74, 6) is -0.912. The van der Waals surface area contributed by atoms with Crippen molar-refractivity contribution in [3.8, 4) is 0 Å². The van der Waals surface area contributed by atoms with Gasteiger partial charge in [0.2, 0.25) is 5.91 Å². The van der Waals surface area contributed by atoms with Gasteiger partial charge < -0.3 is 10.0 Å². The summed E-state index contributed by atoms with van der Waals surface area (Å²) in [7, 11) is 0. The van der Waals surface area contributed by atoms with E-state index in [4.69, 9.17) is 5.11 Å². The van der Waals surface area contributed by atoms with Crippen LogP contribution in [-0.2, 0) is 16.1 Å². The lowest BCUT2D eigenvalue weighted by Crippen LogP contribution is -2.26. The second kappa shape index (κ2) is 5.49. The average molecular weight is 245 g/mol. The van der Waals surface area contributed by atoms with E-state index in [-0.39, 0.29) is 12.3 Å². The Morgan fingerprint density at radius 1 is 1.28 bits per heavy atom. The molecule has 4 heteroatoms. The lowest BCUT2D eigenvalue weighted by Gasteiger charge is -2.16. The molecule has 0 aromatic heterocycles. The summed E-state index contributed by atoms with van der Waals surface area (Å²) in [6.45, 7) is 1.15. The van der Waals surface area contributed by atoms with E-state index in [0.29, 0.717) is 25.1 Å². The molecule has 94 valence electrons. The quantitative estimate of drug-likeness (QED) is 0.860. The Bertz CT molecular complexity index is 479. The van der Waals surface area contributed by atoms with Gasteiger partial charge in [-0.1, -0.05) is 36.4 Å². The molecular weight excluding hydrogens is 230 g/mol. The Morgan fingerprint density at radius 2 is 2.00 bits per heavy atom. The normalized spacial score (nSPS) is 14.8. The molecule has 0 fully saturated rings. The van der Waals surface area contributed by atoms with Crippen LogP contribution in [0.5, 0.6) is 0 Å². The fraction of sp³-hybridized carbons (Fsp3) is 0.286. The zero-order valence-corrected chi connectivity index (χ0v) is 10.0. The molecule has 0 saturated carbocycles. The molecule has 1 amide bonds. The SMILES string of the molecule is O=C(O)CCC1=CCN(Cc2ccccc2)C1=O. The lowest BCUT2D eigenvalue weighted by molar-refractivity contribution is -0.136. The van der Waals surface area contributed by atoms with Gasteiger partial charge in [0.15, 0.2) is 0 Å². The van der Waals surface area contributed by atoms with E-state index < -0.39 is 5.97 Å². The number of rotatable bonds is 5. The summed E-state index contributed by atoms with van der Waals surface area (Å²) in [5, 5.41) is 8.61. The standard InChI is InChI=1S/C14H15NO3/c16-13(17)7-6-12-8-9-15(14(12)18)10-11-4-2-1-3-5-11/h1-5,8H,6-7,9-10H2,(H,16,17). The third-order valence-corrected chi connectivity index (χ3v) is 2.94. The lowest BCUT2D eigenvalue weighted by atomic mass is 10.1. The monoisotopic (exact) mass is 245 g/mol. The van der Waals surface area contributed by atoms with Gasteiger partial charge in [0, 0.05) is 25.1 Å². The minimum Gasteiger partial charge on any atom is -0.481 e. The number of amides is 1. The van der Waals surface area contributed by atoms with Crippen molar-refractivity contribution in [1.82, 2.24) is 4.90 Å². The highest BCUT2D eigenvalue weighted by Crippen LogP contribution is 2.18. The van der Waals surface area contributed by atoms with Crippen LogP contribution in [0.25, 0.3) is 0 Å². The summed E-state index contributed by atoms with van der Waals surface area (Å²) in [5.41, 5.74) is 1.70. The molecule has 1 aromatic rings. The second-order valence-corrected chi connectivity index (χ2v) is 4.29. The first-order chi connectivity index (χ1) is 8.66. The van der Waals surface area contributed by atoms with Crippen LogP contribution in [0.15, 0.2) is 42.0 Å². The van der Waals surface area contributed by atoms with Gasteiger partial charge in [-0.05, 0) is 12.0 Å². The van der Waals surface area contributed by atoms with Crippen LogP contribution in [0.2, 0.25) is 0 Å². The van der Waals surface area contributed by atoms with Crippen molar-refractivity contribution in [2.45, 2.75) is 19.4 Å². The van der Waals surface area contributed by atoms with Gasteiger partial charge in [-0.15, -0.1) is 0 Å². The highest BCUT2D eigenvalue weighted by Gasteiger charge is 2.23. The molecule has 1 aromatic carbocycles. The first-order valence-electron chi connectivity index (χ1n) is 5.91. The van der Waals surface area contributed by atoms with E-state index >= 15 is 0 Å². The number of hydrogen-bond donors (Lipinski definition) is 1. The van der Waals surface area contributed by atoms with Crippen LogP contribution in [0.3, 0.4) is 0 Å². The molecule has 1 N–H and O–H groups in total. The van der Waals surface area contributed by atoms with Crippen molar-refractivity contribution in [3.05, 3.63) is 47.5 Å². The number of carbonyl (C=O) groups is 2. The van der Waals surface area contributed by atoms with Gasteiger partial charge in [-0.25, -0.2) is 0 Å². The molecule has 2 rings (SSSR count). The average Bonchev–Trinajstić information content (AvgIpc) is 2.70. The summed E-state index contributed by atoms with van der Waals surface area (Å²) >= 11 is 0. The van der Waals surface area contributed by atoms with Crippen LogP contribution in [-0.4, -0.2) is 28.4 Å². The van der Waals surface area contributed by atoms with Crippen molar-refractivity contribution >= 4 is 11.9 Å². The van der Waals surface area contributed by atoms with E-state index in [1.165, 1.54) is 0 Å². The van der Waals surface area contributed by atoms with E-state index in [0.717, 1.165) is 5.56 Å². The maximum absolute atomic E-state index is 12.0. The molecule has 0 saturated heterocycles. The van der Waals surface area contributed by atoms with E-state index in [9.17, 15) is 9.59 Å². The Morgan fingerprint density at radius 3 is 2.67 bits per heavy atom. The van der Waals surface area contributed by atoms with Crippen LogP contribution in [0.1, 0.15) is 18.4 Å². The van der Waals surface area contributed by atoms with Crippen LogP contribution in [0, 0.1) is 0 Å². The molecule has 0 atom stereocenters. The minimum absolute atomic E-state index is 0.0107. The number of benzene rings is 1. The van der Waals surface area contributed by atoms with Gasteiger partial charge >= 0.3 is 5.97 Å². The van der Waals surface area contributed by atoms with E-state index in [1.807, 2.05) is 36.4 Å². The molecular formula is C14H15NO3. The topological polar surface area (TPSA) is 57.6 Å². The number of carboxylic acid groups (broad SMARTS) is 1. The first-order valence-corrected chi connectivity index (χ1v) is 5.91. The Balaban J connectivity index is 1.92. The Hall–Kier alpha value is -2.10. The predicted molar refractivity (Wildman–Crippen MR) is 66.8 cm³/mol. The highest BCUT2D eigenvalue weighted by molar-refractivity contribution is 5.96. The fourth-order valence-corrected chi connectivity index (χ4v) is 1.98. The maximum Gasteiger partial charge on any atom is 0.303 e. The first kappa shape index (κ1) is 12.4. The smallest absolute Gasteiger partial charge is 0.303 e. The van der Waals surface area contributed by atoms with Crippen molar-refractivity contribution in [1.29, 1.82) is 0 Å². The summed E-state index contributed by atoms with van der Waals surface area (Å²) < 4.78 is 0. The minimum atomic E-state index is -0.870. The number of nitrogens with zero attached hydrogens (tertiary/aromatic N) is 1. The van der Waals surface area contributed by atoms with Crippen molar-refractivity contribution in [2.75, 3.05) is 6.54 Å². The second-order valence-electron chi connectivity index (χ2n) is 4.29. The van der Waals surface area contributed by atoms with Crippen molar-refractivity contribution in [2.24, 2.45) is 0 Å². The number of carbonyl (C=O) groups excluding carboxylic acids is 1. The molecule has 1 aliphatic rings. The van der Waals surface area contributed by atoms with Gasteiger partial charge in [0.1, 0.15) is 0 Å². The number of carboxylic acids is 1. The molecule has 0 radical (unpaired) electrons. The molecule has 0 aliphatic carbocycles. The Kier molecular flexibility index (Phi) is 3.77. The van der Waals surface area contributed by atoms with Crippen LogP contribution < -0.4 is 0 Å². The molecule has 1 heterocycles. The van der Waals surface area contributed by atoms with Crippen LogP contribution >= 0.6 is 0 Å². The molecule has 18 heavy (non-hydrogen) atoms. The Labute approximate surface area is 106 Å². The fourth-order valence-electron chi connectivity index (χ4n) is 1.98. The third kappa shape index (κ3) is 2.97. The van der Waals surface area contributed by atoms with Gasteiger partial charge in [-0.3, -0.25) is 9.59 Å². The number of hydrogen-bond acceptors (Lipinski definition) is 2. The van der Waals surface area contributed by atoms with Crippen LogP contribution in [0.4, 0.5) is 0 Å². The van der Waals surface area contributed by atoms with Gasteiger partial charge in [-0.2, -0.15) is 0 Å². The summed E-state index contributed by atoms with van der Waals surface area (Å²) in [6, 6.07) is 9.76. The summed E-state index contributed by atoms with van der Waals surface area (Å²) in [6.07, 6.45) is 2.16. The van der Waals surface area contributed by atoms with Gasteiger partial charge in [0.05, 0.1) is 0 Å². The predicted octanol–water partition coefficient (Wildman–Crippen LogP) is 1.82. The molecule has 0 unspecified atom stereocenters. The maximum atomic E-state index is 12.0. The van der Waals surface area contributed by atoms with Gasteiger partial charge in [0.25, 0.3) is 0 Å². The largest absolute Gasteiger partial charge is 0.481 e. The molecule has 0 bridgehead atoms. The van der Waals surface area contributed by atoms with E-state index in [1.54, 1.807) is 4.90 Å². The zero-order valence-electron chi connectivity index (χ0n) is 10.0. The zero-order chi connectivity index (χ0) is 13.0. The molecule has 4 nitrogen and oxygen atoms in total. The highest BCUT2D eigenvalue weighted by atomic mass is 16.4. The molecule has 1 aliphatic heterocycles. The number of aliphatic carboxylic acids is 1. The van der Waals surface area contributed by atoms with Crippen molar-refractivity contribution < 1.29 is 14.7 Å². The summed E-state index contributed by atoms with van der Waals surface area (Å²) in [4.78, 5) is 24.2.